The van der Waals surface area contributed by atoms with E-state index in [0.717, 1.165) is 5.56 Å². The van der Waals surface area contributed by atoms with Crippen LogP contribution in [0.15, 0.2) is 30.3 Å². The van der Waals surface area contributed by atoms with Gasteiger partial charge in [0.15, 0.2) is 0 Å². The molecule has 41 heavy (non-hydrogen) atoms. The first-order valence-electron chi connectivity index (χ1n) is 13.6. The lowest BCUT2D eigenvalue weighted by Crippen LogP contribution is -2.52. The van der Waals surface area contributed by atoms with Gasteiger partial charge in [-0.25, -0.2) is 4.39 Å². The second-order valence-electron chi connectivity index (χ2n) is 13.0. The van der Waals surface area contributed by atoms with Gasteiger partial charge in [-0.1, -0.05) is 44.2 Å². The van der Waals surface area contributed by atoms with Crippen LogP contribution in [0.5, 0.6) is 0 Å². The Bertz CT molecular complexity index is 1090. The molecule has 0 aromatic heterocycles. The third kappa shape index (κ3) is 7.59. The summed E-state index contributed by atoms with van der Waals surface area (Å²) in [5.74, 6) is -7.29. The minimum absolute atomic E-state index is 0.0147. The first-order chi connectivity index (χ1) is 18.5. The molecule has 0 saturated carbocycles. The number of rotatable bonds is 12. The van der Waals surface area contributed by atoms with Gasteiger partial charge in [0.25, 0.3) is 0 Å². The zero-order valence-electron chi connectivity index (χ0n) is 25.0. The highest BCUT2D eigenvalue weighted by Crippen LogP contribution is 2.54. The zero-order chi connectivity index (χ0) is 31.7. The molecule has 1 aromatic carbocycles. The van der Waals surface area contributed by atoms with Gasteiger partial charge >= 0.3 is 29.9 Å². The summed E-state index contributed by atoms with van der Waals surface area (Å²) in [5.41, 5.74) is -4.91. The highest BCUT2D eigenvalue weighted by atomic mass is 19.4. The van der Waals surface area contributed by atoms with E-state index in [1.54, 1.807) is 52.0 Å². The van der Waals surface area contributed by atoms with Crippen LogP contribution in [0.1, 0.15) is 86.6 Å². The highest BCUT2D eigenvalue weighted by Gasteiger charge is 2.63. The Labute approximate surface area is 238 Å². The lowest BCUT2D eigenvalue weighted by atomic mass is 9.58. The summed E-state index contributed by atoms with van der Waals surface area (Å²) in [6.07, 6.45) is -9.03. The minimum Gasteiger partial charge on any atom is -0.465 e. The quantitative estimate of drug-likeness (QED) is 0.171. The van der Waals surface area contributed by atoms with Gasteiger partial charge in [0, 0.05) is 0 Å². The fourth-order valence-electron chi connectivity index (χ4n) is 5.21. The van der Waals surface area contributed by atoms with Gasteiger partial charge in [0.2, 0.25) is 0 Å². The van der Waals surface area contributed by atoms with Crippen molar-refractivity contribution in [1.29, 1.82) is 0 Å². The van der Waals surface area contributed by atoms with Crippen molar-refractivity contribution in [3.63, 3.8) is 0 Å². The Hall–Kier alpha value is -2.69. The number of alkyl halides is 4. The molecule has 0 amide bonds. The second-order valence-corrected chi connectivity index (χ2v) is 13.0. The Morgan fingerprint density at radius 3 is 2.02 bits per heavy atom. The summed E-state index contributed by atoms with van der Waals surface area (Å²) in [4.78, 5) is 40.3. The number of carbonyl (C=O) groups is 3. The summed E-state index contributed by atoms with van der Waals surface area (Å²) in [6.45, 7) is 12.6. The molecule has 1 aliphatic rings. The van der Waals surface area contributed by atoms with E-state index in [4.69, 9.17) is 14.2 Å². The van der Waals surface area contributed by atoms with Crippen molar-refractivity contribution < 1.29 is 51.3 Å². The molecular formula is C30H42F4O7. The number of hydrogen-bond acceptors (Lipinski definition) is 7. The van der Waals surface area contributed by atoms with Crippen molar-refractivity contribution in [2.45, 2.75) is 105 Å². The van der Waals surface area contributed by atoms with Gasteiger partial charge in [-0.05, 0) is 72.3 Å². The SMILES string of the molecule is CC(C)CC(CC(O)(F)C(F)(F)F)OC(=O)C(C)(C)CC1(C(C)(C)C(=O)OC(C)(C)c2ccccc2)CCOC1=O. The van der Waals surface area contributed by atoms with Gasteiger partial charge < -0.3 is 19.3 Å². The van der Waals surface area contributed by atoms with Gasteiger partial charge in [0.1, 0.15) is 11.7 Å². The Morgan fingerprint density at radius 1 is 1.00 bits per heavy atom. The molecule has 7 nitrogen and oxygen atoms in total. The smallest absolute Gasteiger partial charge is 0.448 e. The van der Waals surface area contributed by atoms with Crippen LogP contribution in [0.4, 0.5) is 17.6 Å². The fraction of sp³-hybridized carbons (Fsp3) is 0.700. The maximum Gasteiger partial charge on any atom is 0.448 e. The van der Waals surface area contributed by atoms with E-state index in [9.17, 15) is 37.1 Å². The van der Waals surface area contributed by atoms with Crippen LogP contribution in [0.25, 0.3) is 0 Å². The van der Waals surface area contributed by atoms with Crippen LogP contribution in [0.3, 0.4) is 0 Å². The van der Waals surface area contributed by atoms with E-state index < -0.39 is 64.3 Å². The molecule has 232 valence electrons. The average molecular weight is 591 g/mol. The maximum absolute atomic E-state index is 14.1. The van der Waals surface area contributed by atoms with Crippen molar-refractivity contribution in [1.82, 2.24) is 0 Å². The molecule has 3 atom stereocenters. The molecule has 1 heterocycles. The number of benzene rings is 1. The molecule has 0 bridgehead atoms. The molecular weight excluding hydrogens is 548 g/mol. The molecule has 2 rings (SSSR count). The third-order valence-corrected chi connectivity index (χ3v) is 7.91. The lowest BCUT2D eigenvalue weighted by Gasteiger charge is -2.44. The van der Waals surface area contributed by atoms with Crippen LogP contribution < -0.4 is 0 Å². The normalized spacial score (nSPS) is 20.8. The summed E-state index contributed by atoms with van der Waals surface area (Å²) in [5, 5.41) is 9.40. The summed E-state index contributed by atoms with van der Waals surface area (Å²) >= 11 is 0. The fourth-order valence-corrected chi connectivity index (χ4v) is 5.21. The minimum atomic E-state index is -5.58. The van der Waals surface area contributed by atoms with Crippen LogP contribution in [-0.2, 0) is 34.2 Å². The van der Waals surface area contributed by atoms with Crippen molar-refractivity contribution in [3.05, 3.63) is 35.9 Å². The number of aliphatic hydroxyl groups is 1. The number of halogens is 4. The molecule has 3 unspecified atom stereocenters. The molecule has 0 radical (unpaired) electrons. The Morgan fingerprint density at radius 2 is 1.56 bits per heavy atom. The lowest BCUT2D eigenvalue weighted by molar-refractivity contribution is -0.323. The summed E-state index contributed by atoms with van der Waals surface area (Å²) in [6, 6.07) is 9.00. The van der Waals surface area contributed by atoms with Crippen molar-refractivity contribution >= 4 is 17.9 Å². The molecule has 1 saturated heterocycles. The molecule has 1 fully saturated rings. The van der Waals surface area contributed by atoms with Crippen LogP contribution >= 0.6 is 0 Å². The van der Waals surface area contributed by atoms with E-state index >= 15 is 0 Å². The summed E-state index contributed by atoms with van der Waals surface area (Å²) < 4.78 is 69.8. The number of hydrogen-bond donors (Lipinski definition) is 1. The second kappa shape index (κ2) is 11.9. The largest absolute Gasteiger partial charge is 0.465 e. The van der Waals surface area contributed by atoms with Crippen LogP contribution in [0, 0.1) is 22.2 Å². The monoisotopic (exact) mass is 590 g/mol. The number of esters is 3. The number of cyclic esters (lactones) is 1. The number of ether oxygens (including phenoxy) is 3. The van der Waals surface area contributed by atoms with Crippen LogP contribution in [-0.4, -0.2) is 47.8 Å². The van der Waals surface area contributed by atoms with E-state index in [1.807, 2.05) is 6.07 Å². The Balaban J connectivity index is 2.36. The van der Waals surface area contributed by atoms with Crippen molar-refractivity contribution in [2.24, 2.45) is 22.2 Å². The van der Waals surface area contributed by atoms with Crippen molar-refractivity contribution in [2.75, 3.05) is 6.61 Å². The van der Waals surface area contributed by atoms with E-state index in [2.05, 4.69) is 0 Å². The number of carbonyl (C=O) groups excluding carboxylic acids is 3. The maximum atomic E-state index is 14.1. The third-order valence-electron chi connectivity index (χ3n) is 7.91. The van der Waals surface area contributed by atoms with Crippen molar-refractivity contribution in [3.8, 4) is 0 Å². The van der Waals surface area contributed by atoms with Gasteiger partial charge in [-0.15, -0.1) is 0 Å². The molecule has 1 aliphatic heterocycles. The zero-order valence-corrected chi connectivity index (χ0v) is 25.0. The first-order valence-corrected chi connectivity index (χ1v) is 13.6. The topological polar surface area (TPSA) is 99.1 Å². The molecule has 1 N–H and O–H groups in total. The van der Waals surface area contributed by atoms with Gasteiger partial charge in [-0.2, -0.15) is 13.2 Å². The Kier molecular flexibility index (Phi) is 10.0. The van der Waals surface area contributed by atoms with E-state index in [-0.39, 0.29) is 31.8 Å². The van der Waals surface area contributed by atoms with E-state index in [1.165, 1.54) is 27.7 Å². The molecule has 11 heteroatoms. The highest BCUT2D eigenvalue weighted by molar-refractivity contribution is 5.90. The van der Waals surface area contributed by atoms with Gasteiger partial charge in [-0.3, -0.25) is 14.4 Å². The molecule has 0 aliphatic carbocycles. The molecule has 1 aromatic rings. The molecule has 0 spiro atoms. The predicted octanol–water partition coefficient (Wildman–Crippen LogP) is 6.41. The predicted molar refractivity (Wildman–Crippen MR) is 142 cm³/mol. The summed E-state index contributed by atoms with van der Waals surface area (Å²) in [7, 11) is 0. The average Bonchev–Trinajstić information content (AvgIpc) is 3.18. The first kappa shape index (κ1) is 34.5. The van der Waals surface area contributed by atoms with Crippen LogP contribution in [0.2, 0.25) is 0 Å². The van der Waals surface area contributed by atoms with Gasteiger partial charge in [0.05, 0.1) is 29.3 Å². The standard InChI is InChI=1S/C30H42F4O7/c1-19(2)16-21(17-29(31,38)30(32,33)34)40-22(35)25(3,4)18-28(14-15-39-24(28)37)26(5,6)23(36)41-27(7,8)20-12-10-9-11-13-20/h9-13,19,21,38H,14-18H2,1-8H3. The van der Waals surface area contributed by atoms with E-state index in [0.29, 0.717) is 0 Å².